The number of carbonyl (C=O) groups is 1. The average Bonchev–Trinajstić information content (AvgIpc) is 2.16. The Bertz CT molecular complexity index is 314. The zero-order valence-electron chi connectivity index (χ0n) is 7.16. The quantitative estimate of drug-likeness (QED) is 0.753. The summed E-state index contributed by atoms with van der Waals surface area (Å²) in [5.41, 5.74) is 5.51. The molecule has 0 spiro atoms. The Morgan fingerprint density at radius 1 is 1.54 bits per heavy atom. The molecule has 1 unspecified atom stereocenters. The number of halogens is 1. The molecule has 1 rings (SSSR count). The number of benzene rings is 1. The minimum absolute atomic E-state index is 0.393. The second-order valence-corrected chi connectivity index (χ2v) is 2.90. The third kappa shape index (κ3) is 2.20. The van der Waals surface area contributed by atoms with Crippen molar-refractivity contribution in [1.82, 2.24) is 0 Å². The number of hydrogen-bond donors (Lipinski definition) is 1. The third-order valence-electron chi connectivity index (χ3n) is 1.68. The summed E-state index contributed by atoms with van der Waals surface area (Å²) in [5.74, 6) is -0.502. The molecule has 0 aliphatic carbocycles. The van der Waals surface area contributed by atoms with Gasteiger partial charge in [-0.05, 0) is 6.07 Å². The molecule has 1 atom stereocenters. The lowest BCUT2D eigenvalue weighted by Crippen LogP contribution is -2.14. The molecule has 2 N–H and O–H groups in total. The number of nitrogens with two attached hydrogens (primary N) is 1. The lowest BCUT2D eigenvalue weighted by molar-refractivity contribution is 0.0994. The SMILES string of the molecule is COC(Cl)c1ccccc1C(N)=O. The molecule has 4 heteroatoms. The number of rotatable bonds is 3. The number of ether oxygens (including phenoxy) is 1. The molecule has 3 nitrogen and oxygen atoms in total. The van der Waals surface area contributed by atoms with Crippen molar-refractivity contribution in [2.24, 2.45) is 5.73 Å². The monoisotopic (exact) mass is 199 g/mol. The summed E-state index contributed by atoms with van der Waals surface area (Å²) in [6.07, 6.45) is 0. The second-order valence-electron chi connectivity index (χ2n) is 2.50. The van der Waals surface area contributed by atoms with Crippen molar-refractivity contribution in [2.75, 3.05) is 7.11 Å². The number of methoxy groups -OCH3 is 1. The van der Waals surface area contributed by atoms with Crippen LogP contribution < -0.4 is 5.73 Å². The van der Waals surface area contributed by atoms with E-state index in [0.717, 1.165) is 0 Å². The van der Waals surface area contributed by atoms with Crippen LogP contribution in [0.4, 0.5) is 0 Å². The van der Waals surface area contributed by atoms with Crippen LogP contribution in [0.5, 0.6) is 0 Å². The summed E-state index contributed by atoms with van der Waals surface area (Å²) in [6, 6.07) is 6.83. The zero-order valence-corrected chi connectivity index (χ0v) is 7.91. The van der Waals surface area contributed by atoms with Crippen molar-refractivity contribution in [1.29, 1.82) is 0 Å². The van der Waals surface area contributed by atoms with E-state index in [1.807, 2.05) is 0 Å². The van der Waals surface area contributed by atoms with Crippen molar-refractivity contribution < 1.29 is 9.53 Å². The summed E-state index contributed by atoms with van der Waals surface area (Å²) in [4.78, 5) is 11.0. The Hall–Kier alpha value is -1.06. The number of hydrogen-bond acceptors (Lipinski definition) is 2. The summed E-state index contributed by atoms with van der Waals surface area (Å²) in [6.45, 7) is 0. The first kappa shape index (κ1) is 10.0. The van der Waals surface area contributed by atoms with Gasteiger partial charge in [-0.15, -0.1) is 0 Å². The van der Waals surface area contributed by atoms with Gasteiger partial charge in [-0.1, -0.05) is 29.8 Å². The van der Waals surface area contributed by atoms with E-state index in [9.17, 15) is 4.79 Å². The van der Waals surface area contributed by atoms with Gasteiger partial charge in [0, 0.05) is 18.2 Å². The van der Waals surface area contributed by atoms with Crippen LogP contribution in [0.25, 0.3) is 0 Å². The van der Waals surface area contributed by atoms with Crippen LogP contribution in [0.2, 0.25) is 0 Å². The fraction of sp³-hybridized carbons (Fsp3) is 0.222. The van der Waals surface area contributed by atoms with Crippen LogP contribution in [0.1, 0.15) is 21.5 Å². The Morgan fingerprint density at radius 2 is 2.15 bits per heavy atom. The minimum Gasteiger partial charge on any atom is -0.366 e. The van der Waals surface area contributed by atoms with E-state index in [2.05, 4.69) is 0 Å². The maximum Gasteiger partial charge on any atom is 0.249 e. The van der Waals surface area contributed by atoms with Gasteiger partial charge in [0.1, 0.15) is 0 Å². The third-order valence-corrected chi connectivity index (χ3v) is 2.09. The van der Waals surface area contributed by atoms with Gasteiger partial charge in [-0.2, -0.15) is 0 Å². The summed E-state index contributed by atoms with van der Waals surface area (Å²) in [5, 5.41) is 0. The number of carbonyl (C=O) groups excluding carboxylic acids is 1. The maximum absolute atomic E-state index is 11.0. The first-order valence-electron chi connectivity index (χ1n) is 3.72. The van der Waals surface area contributed by atoms with E-state index in [1.54, 1.807) is 24.3 Å². The largest absolute Gasteiger partial charge is 0.366 e. The molecule has 0 saturated heterocycles. The van der Waals surface area contributed by atoms with Crippen molar-refractivity contribution in [2.45, 2.75) is 5.56 Å². The molecule has 0 aliphatic heterocycles. The molecule has 0 fully saturated rings. The van der Waals surface area contributed by atoms with E-state index in [0.29, 0.717) is 11.1 Å². The Balaban J connectivity index is 3.11. The van der Waals surface area contributed by atoms with Gasteiger partial charge in [0.15, 0.2) is 5.56 Å². The minimum atomic E-state index is -0.635. The maximum atomic E-state index is 11.0. The molecule has 1 aromatic rings. The summed E-state index contributed by atoms with van der Waals surface area (Å²) < 4.78 is 4.88. The lowest BCUT2D eigenvalue weighted by Gasteiger charge is -2.10. The number of alkyl halides is 1. The molecule has 0 aliphatic rings. The smallest absolute Gasteiger partial charge is 0.249 e. The normalized spacial score (nSPS) is 12.5. The summed E-state index contributed by atoms with van der Waals surface area (Å²) >= 11 is 5.81. The fourth-order valence-corrected chi connectivity index (χ4v) is 1.24. The van der Waals surface area contributed by atoms with E-state index in [4.69, 9.17) is 22.1 Å². The molecule has 1 amide bonds. The second kappa shape index (κ2) is 4.25. The highest BCUT2D eigenvalue weighted by Gasteiger charge is 2.13. The molecule has 0 radical (unpaired) electrons. The van der Waals surface area contributed by atoms with Crippen LogP contribution in [0, 0.1) is 0 Å². The van der Waals surface area contributed by atoms with E-state index >= 15 is 0 Å². The zero-order chi connectivity index (χ0) is 9.84. The molecule has 1 aromatic carbocycles. The van der Waals surface area contributed by atoms with E-state index in [-0.39, 0.29) is 0 Å². The number of amides is 1. The topological polar surface area (TPSA) is 52.3 Å². The van der Waals surface area contributed by atoms with E-state index in [1.165, 1.54) is 7.11 Å². The van der Waals surface area contributed by atoms with Crippen LogP contribution in [0.3, 0.4) is 0 Å². The van der Waals surface area contributed by atoms with Gasteiger partial charge in [0.05, 0.1) is 0 Å². The van der Waals surface area contributed by atoms with Crippen molar-refractivity contribution in [3.8, 4) is 0 Å². The Labute approximate surface area is 81.4 Å². The standard InChI is InChI=1S/C9H10ClNO2/c1-13-8(10)6-4-2-3-5-7(6)9(11)12/h2-5,8H,1H3,(H2,11,12). The van der Waals surface area contributed by atoms with Crippen LogP contribution in [-0.2, 0) is 4.74 Å². The highest BCUT2D eigenvalue weighted by molar-refractivity contribution is 6.20. The van der Waals surface area contributed by atoms with Gasteiger partial charge in [-0.3, -0.25) is 4.79 Å². The molecular weight excluding hydrogens is 190 g/mol. The molecule has 0 bridgehead atoms. The van der Waals surface area contributed by atoms with Crippen LogP contribution >= 0.6 is 11.6 Å². The molecule has 70 valence electrons. The fourth-order valence-electron chi connectivity index (χ4n) is 1.05. The molecule has 0 aromatic heterocycles. The van der Waals surface area contributed by atoms with Crippen LogP contribution in [-0.4, -0.2) is 13.0 Å². The predicted octanol–water partition coefficient (Wildman–Crippen LogP) is 1.67. The van der Waals surface area contributed by atoms with Crippen molar-refractivity contribution >= 4 is 17.5 Å². The first-order chi connectivity index (χ1) is 6.16. The van der Waals surface area contributed by atoms with Gasteiger partial charge >= 0.3 is 0 Å². The first-order valence-corrected chi connectivity index (χ1v) is 4.16. The van der Waals surface area contributed by atoms with E-state index < -0.39 is 11.5 Å². The highest BCUT2D eigenvalue weighted by atomic mass is 35.5. The molecule has 0 saturated carbocycles. The van der Waals surface area contributed by atoms with Crippen LogP contribution in [0.15, 0.2) is 24.3 Å². The highest BCUT2D eigenvalue weighted by Crippen LogP contribution is 2.23. The van der Waals surface area contributed by atoms with Gasteiger partial charge in [-0.25, -0.2) is 0 Å². The summed E-state index contributed by atoms with van der Waals surface area (Å²) in [7, 11) is 1.47. The van der Waals surface area contributed by atoms with Gasteiger partial charge in [0.25, 0.3) is 0 Å². The molecular formula is C9H10ClNO2. The van der Waals surface area contributed by atoms with Gasteiger partial charge in [0.2, 0.25) is 5.91 Å². The van der Waals surface area contributed by atoms with Crippen molar-refractivity contribution in [3.05, 3.63) is 35.4 Å². The lowest BCUT2D eigenvalue weighted by atomic mass is 10.1. The molecule has 0 heterocycles. The van der Waals surface area contributed by atoms with Gasteiger partial charge < -0.3 is 10.5 Å². The Morgan fingerprint density at radius 3 is 2.69 bits per heavy atom. The average molecular weight is 200 g/mol. The predicted molar refractivity (Wildman–Crippen MR) is 50.6 cm³/mol. The number of primary amides is 1. The molecule has 13 heavy (non-hydrogen) atoms. The Kier molecular flexibility index (Phi) is 3.28. The van der Waals surface area contributed by atoms with Crippen molar-refractivity contribution in [3.63, 3.8) is 0 Å².